The first-order valence-corrected chi connectivity index (χ1v) is 7.82. The van der Waals surface area contributed by atoms with Crippen molar-refractivity contribution in [3.05, 3.63) is 35.9 Å². The molecule has 1 aliphatic rings. The van der Waals surface area contributed by atoms with Gasteiger partial charge in [-0.15, -0.1) is 0 Å². The largest absolute Gasteiger partial charge is 0.463 e. The molecule has 0 bridgehead atoms. The molecule has 6 nitrogen and oxygen atoms in total. The van der Waals surface area contributed by atoms with Gasteiger partial charge in [0.15, 0.2) is 0 Å². The standard InChI is InChI=1S/C17H20FNO5/c1-2-23-15(21)17(18)9-6-10-19(11-14(17)20)16(22)24-12-13-7-4-3-5-8-13/h3-5,7-8H,2,6,9-12H2,1H3. The Morgan fingerprint density at radius 1 is 1.25 bits per heavy atom. The van der Waals surface area contributed by atoms with Gasteiger partial charge < -0.3 is 14.4 Å². The van der Waals surface area contributed by atoms with Gasteiger partial charge in [0.2, 0.25) is 5.78 Å². The summed E-state index contributed by atoms with van der Waals surface area (Å²) in [6.07, 6.45) is -0.838. The smallest absolute Gasteiger partial charge is 0.410 e. The van der Waals surface area contributed by atoms with Gasteiger partial charge in [-0.25, -0.2) is 14.0 Å². The van der Waals surface area contributed by atoms with E-state index in [-0.39, 0.29) is 32.6 Å². The molecule has 1 fully saturated rings. The van der Waals surface area contributed by atoms with Crippen LogP contribution in [0.5, 0.6) is 0 Å². The Morgan fingerprint density at radius 2 is 1.96 bits per heavy atom. The number of Topliss-reactive ketones (excluding diaryl/α,β-unsaturated/α-hetero) is 1. The van der Waals surface area contributed by atoms with Crippen molar-refractivity contribution in [3.63, 3.8) is 0 Å². The Kier molecular flexibility index (Phi) is 5.89. The molecule has 1 aliphatic heterocycles. The molecule has 1 atom stereocenters. The van der Waals surface area contributed by atoms with E-state index in [2.05, 4.69) is 4.74 Å². The average molecular weight is 337 g/mol. The first-order valence-electron chi connectivity index (χ1n) is 7.82. The van der Waals surface area contributed by atoms with Gasteiger partial charge in [0.05, 0.1) is 13.2 Å². The van der Waals surface area contributed by atoms with Crippen molar-refractivity contribution in [2.45, 2.75) is 32.0 Å². The normalized spacial score (nSPS) is 21.1. The lowest BCUT2D eigenvalue weighted by atomic mass is 9.96. The maximum Gasteiger partial charge on any atom is 0.410 e. The number of esters is 1. The van der Waals surface area contributed by atoms with Crippen LogP contribution in [0.1, 0.15) is 25.3 Å². The molecule has 0 saturated carbocycles. The highest BCUT2D eigenvalue weighted by atomic mass is 19.1. The molecular formula is C17H20FNO5. The number of likely N-dealkylation sites (tertiary alicyclic amines) is 1. The molecule has 130 valence electrons. The second kappa shape index (κ2) is 7.90. The molecule has 1 heterocycles. The quantitative estimate of drug-likeness (QED) is 0.622. The number of benzene rings is 1. The van der Waals surface area contributed by atoms with Gasteiger partial charge in [-0.3, -0.25) is 4.79 Å². The van der Waals surface area contributed by atoms with E-state index in [1.165, 1.54) is 6.92 Å². The highest BCUT2D eigenvalue weighted by molar-refractivity contribution is 6.08. The number of carbonyl (C=O) groups is 3. The van der Waals surface area contributed by atoms with Gasteiger partial charge in [-0.2, -0.15) is 0 Å². The van der Waals surface area contributed by atoms with Crippen LogP contribution < -0.4 is 0 Å². The van der Waals surface area contributed by atoms with E-state index in [1.54, 1.807) is 12.1 Å². The van der Waals surface area contributed by atoms with Crippen molar-refractivity contribution >= 4 is 17.8 Å². The minimum absolute atomic E-state index is 0.0133. The number of rotatable bonds is 4. The minimum Gasteiger partial charge on any atom is -0.463 e. The highest BCUT2D eigenvalue weighted by Gasteiger charge is 2.49. The van der Waals surface area contributed by atoms with Crippen LogP contribution in [0, 0.1) is 0 Å². The van der Waals surface area contributed by atoms with Gasteiger partial charge in [0.1, 0.15) is 6.61 Å². The molecule has 0 spiro atoms. The zero-order valence-corrected chi connectivity index (χ0v) is 13.5. The van der Waals surface area contributed by atoms with Crippen molar-refractivity contribution in [2.75, 3.05) is 19.7 Å². The van der Waals surface area contributed by atoms with Crippen LogP contribution in [0.3, 0.4) is 0 Å². The highest BCUT2D eigenvalue weighted by Crippen LogP contribution is 2.26. The van der Waals surface area contributed by atoms with Gasteiger partial charge in [0, 0.05) is 13.0 Å². The summed E-state index contributed by atoms with van der Waals surface area (Å²) in [6, 6.07) is 9.07. The first kappa shape index (κ1) is 17.9. The number of hydrogen-bond donors (Lipinski definition) is 0. The molecule has 0 radical (unpaired) electrons. The third kappa shape index (κ3) is 4.10. The number of ketones is 1. The molecule has 0 aromatic heterocycles. The minimum atomic E-state index is -2.69. The molecule has 0 N–H and O–H groups in total. The van der Waals surface area contributed by atoms with Crippen LogP contribution in [0.15, 0.2) is 30.3 Å². The third-order valence-corrected chi connectivity index (χ3v) is 3.79. The Balaban J connectivity index is 1.97. The van der Waals surface area contributed by atoms with Crippen molar-refractivity contribution in [1.29, 1.82) is 0 Å². The third-order valence-electron chi connectivity index (χ3n) is 3.79. The fourth-order valence-corrected chi connectivity index (χ4v) is 2.46. The number of carbonyl (C=O) groups excluding carboxylic acids is 3. The zero-order valence-electron chi connectivity index (χ0n) is 13.5. The molecular weight excluding hydrogens is 317 g/mol. The lowest BCUT2D eigenvalue weighted by Crippen LogP contribution is -2.47. The van der Waals surface area contributed by atoms with Gasteiger partial charge >= 0.3 is 12.1 Å². The van der Waals surface area contributed by atoms with E-state index in [0.717, 1.165) is 10.5 Å². The Bertz CT molecular complexity index is 606. The Morgan fingerprint density at radius 3 is 2.62 bits per heavy atom. The van der Waals surface area contributed by atoms with Crippen LogP contribution in [-0.2, 0) is 25.7 Å². The molecule has 1 aromatic carbocycles. The van der Waals surface area contributed by atoms with E-state index in [9.17, 15) is 18.8 Å². The summed E-state index contributed by atoms with van der Waals surface area (Å²) < 4.78 is 24.5. The van der Waals surface area contributed by atoms with E-state index in [0.29, 0.717) is 0 Å². The van der Waals surface area contributed by atoms with Gasteiger partial charge in [0.25, 0.3) is 5.67 Å². The summed E-state index contributed by atoms with van der Waals surface area (Å²) in [7, 11) is 0. The average Bonchev–Trinajstić information content (AvgIpc) is 2.74. The van der Waals surface area contributed by atoms with Crippen LogP contribution in [0.4, 0.5) is 9.18 Å². The van der Waals surface area contributed by atoms with Crippen molar-refractivity contribution in [2.24, 2.45) is 0 Å². The molecule has 1 aromatic rings. The fraction of sp³-hybridized carbons (Fsp3) is 0.471. The SMILES string of the molecule is CCOC(=O)C1(F)CCCN(C(=O)OCc2ccccc2)CC1=O. The Hall–Kier alpha value is -2.44. The second-order valence-corrected chi connectivity index (χ2v) is 5.51. The summed E-state index contributed by atoms with van der Waals surface area (Å²) in [5, 5.41) is 0. The summed E-state index contributed by atoms with van der Waals surface area (Å²) >= 11 is 0. The predicted octanol–water partition coefficient (Wildman–Crippen LogP) is 2.26. The van der Waals surface area contributed by atoms with Gasteiger partial charge in [-0.05, 0) is 18.9 Å². The summed E-state index contributed by atoms with van der Waals surface area (Å²) in [6.45, 7) is 1.21. The van der Waals surface area contributed by atoms with E-state index < -0.39 is 30.1 Å². The maximum absolute atomic E-state index is 14.7. The number of alkyl halides is 1. The number of ether oxygens (including phenoxy) is 2. The molecule has 1 unspecified atom stereocenters. The van der Waals surface area contributed by atoms with Crippen molar-refractivity contribution in [1.82, 2.24) is 4.90 Å². The summed E-state index contributed by atoms with van der Waals surface area (Å²) in [5.74, 6) is -2.16. The van der Waals surface area contributed by atoms with Gasteiger partial charge in [-0.1, -0.05) is 30.3 Å². The van der Waals surface area contributed by atoms with Crippen LogP contribution in [-0.4, -0.2) is 48.1 Å². The number of amides is 1. The van der Waals surface area contributed by atoms with E-state index in [1.807, 2.05) is 18.2 Å². The zero-order chi connectivity index (χ0) is 17.6. The van der Waals surface area contributed by atoms with E-state index >= 15 is 0 Å². The molecule has 7 heteroatoms. The molecule has 2 rings (SSSR count). The topological polar surface area (TPSA) is 72.9 Å². The van der Waals surface area contributed by atoms with Crippen LogP contribution in [0.25, 0.3) is 0 Å². The monoisotopic (exact) mass is 337 g/mol. The Labute approximate surface area is 139 Å². The summed E-state index contributed by atoms with van der Waals surface area (Å²) in [5.41, 5.74) is -1.89. The fourth-order valence-electron chi connectivity index (χ4n) is 2.46. The van der Waals surface area contributed by atoms with Crippen molar-refractivity contribution < 1.29 is 28.2 Å². The molecule has 1 amide bonds. The maximum atomic E-state index is 14.7. The summed E-state index contributed by atoms with van der Waals surface area (Å²) in [4.78, 5) is 37.0. The predicted molar refractivity (Wildman–Crippen MR) is 82.9 cm³/mol. The number of hydrogen-bond acceptors (Lipinski definition) is 5. The second-order valence-electron chi connectivity index (χ2n) is 5.51. The molecule has 24 heavy (non-hydrogen) atoms. The lowest BCUT2D eigenvalue weighted by molar-refractivity contribution is -0.162. The first-order chi connectivity index (χ1) is 11.5. The van der Waals surface area contributed by atoms with E-state index in [4.69, 9.17) is 4.74 Å². The van der Waals surface area contributed by atoms with Crippen LogP contribution in [0.2, 0.25) is 0 Å². The lowest BCUT2D eigenvalue weighted by Gasteiger charge is -2.21. The molecule has 0 aliphatic carbocycles. The molecule has 1 saturated heterocycles. The number of halogens is 1. The van der Waals surface area contributed by atoms with Crippen molar-refractivity contribution in [3.8, 4) is 0 Å². The number of nitrogens with zero attached hydrogens (tertiary/aromatic N) is 1. The van der Waals surface area contributed by atoms with Crippen LogP contribution >= 0.6 is 0 Å².